The quantitative estimate of drug-likeness (QED) is 0.601. The number of hydrogen-bond acceptors (Lipinski definition) is 5. The van der Waals surface area contributed by atoms with Crippen molar-refractivity contribution in [3.63, 3.8) is 0 Å². The van der Waals surface area contributed by atoms with E-state index in [4.69, 9.17) is 10.2 Å². The molecular formula is C8H12FNO6S. The molecule has 1 aliphatic rings. The van der Waals surface area contributed by atoms with E-state index in [1.807, 2.05) is 0 Å². The van der Waals surface area contributed by atoms with E-state index in [1.54, 1.807) is 0 Å². The number of aliphatic hydroxyl groups is 1. The van der Waals surface area contributed by atoms with Crippen molar-refractivity contribution in [2.45, 2.75) is 24.2 Å². The Balaban J connectivity index is 2.52. The molecule has 1 aliphatic heterocycles. The number of amides is 1. The summed E-state index contributed by atoms with van der Waals surface area (Å²) in [5.41, 5.74) is 0. The highest BCUT2D eigenvalue weighted by atomic mass is 32.3. The molecule has 0 aromatic rings. The number of carbonyl (C=O) groups excluding carboxylic acids is 1. The molecule has 0 spiro atoms. The Labute approximate surface area is 97.0 Å². The topological polar surface area (TPSA) is 112 Å². The van der Waals surface area contributed by atoms with Gasteiger partial charge in [0, 0.05) is 25.9 Å². The molecule has 1 amide bonds. The van der Waals surface area contributed by atoms with E-state index in [0.29, 0.717) is 0 Å². The first-order valence-corrected chi connectivity index (χ1v) is 6.28. The van der Waals surface area contributed by atoms with Crippen molar-refractivity contribution in [3.05, 3.63) is 0 Å². The molecule has 0 aliphatic carbocycles. The summed E-state index contributed by atoms with van der Waals surface area (Å²) in [4.78, 5) is 22.6. The van der Waals surface area contributed by atoms with Crippen LogP contribution in [0.25, 0.3) is 0 Å². The van der Waals surface area contributed by atoms with E-state index in [0.717, 1.165) is 4.90 Å². The molecule has 17 heavy (non-hydrogen) atoms. The van der Waals surface area contributed by atoms with Crippen molar-refractivity contribution in [1.29, 1.82) is 0 Å². The number of carboxylic acid groups (broad SMARTS) is 1. The molecule has 0 bridgehead atoms. The largest absolute Gasteiger partial charge is 0.479 e. The van der Waals surface area contributed by atoms with Crippen LogP contribution in [0.15, 0.2) is 0 Å². The van der Waals surface area contributed by atoms with Gasteiger partial charge in [0.25, 0.3) is 0 Å². The Morgan fingerprint density at radius 3 is 2.59 bits per heavy atom. The summed E-state index contributed by atoms with van der Waals surface area (Å²) < 4.78 is 33.8. The lowest BCUT2D eigenvalue weighted by atomic mass is 10.2. The molecule has 2 atom stereocenters. The van der Waals surface area contributed by atoms with Crippen molar-refractivity contribution >= 4 is 22.1 Å². The summed E-state index contributed by atoms with van der Waals surface area (Å²) in [6, 6.07) is 0. The van der Waals surface area contributed by atoms with Gasteiger partial charge in [-0.3, -0.25) is 4.79 Å². The SMILES string of the molecule is O=C(O)[C@@H](O)CCN1CC(S(=O)(=O)F)CC1=O. The first-order valence-electron chi connectivity index (χ1n) is 4.84. The monoisotopic (exact) mass is 269 g/mol. The maximum atomic E-state index is 12.6. The highest BCUT2D eigenvalue weighted by molar-refractivity contribution is 7.87. The number of aliphatic hydroxyl groups excluding tert-OH is 1. The molecule has 1 rings (SSSR count). The molecule has 1 heterocycles. The van der Waals surface area contributed by atoms with E-state index < -0.39 is 39.9 Å². The Morgan fingerprint density at radius 1 is 1.59 bits per heavy atom. The molecule has 98 valence electrons. The predicted molar refractivity (Wildman–Crippen MR) is 53.3 cm³/mol. The molecule has 2 N–H and O–H groups in total. The van der Waals surface area contributed by atoms with Gasteiger partial charge >= 0.3 is 16.2 Å². The van der Waals surface area contributed by atoms with Crippen LogP contribution in [-0.4, -0.2) is 59.9 Å². The van der Waals surface area contributed by atoms with Gasteiger partial charge < -0.3 is 15.1 Å². The van der Waals surface area contributed by atoms with E-state index in [1.165, 1.54) is 0 Å². The normalized spacial score (nSPS) is 22.8. The first kappa shape index (κ1) is 13.8. The van der Waals surface area contributed by atoms with Gasteiger partial charge in [0.1, 0.15) is 5.25 Å². The summed E-state index contributed by atoms with van der Waals surface area (Å²) in [5.74, 6) is -1.99. The van der Waals surface area contributed by atoms with E-state index >= 15 is 0 Å². The van der Waals surface area contributed by atoms with E-state index in [2.05, 4.69) is 0 Å². The maximum Gasteiger partial charge on any atom is 0.332 e. The summed E-state index contributed by atoms with van der Waals surface area (Å²) in [6.45, 7) is -0.414. The van der Waals surface area contributed by atoms with Crippen LogP contribution < -0.4 is 0 Å². The number of rotatable bonds is 5. The Hall–Kier alpha value is -1.22. The molecule has 7 nitrogen and oxygen atoms in total. The zero-order valence-corrected chi connectivity index (χ0v) is 9.56. The molecule has 1 saturated heterocycles. The lowest BCUT2D eigenvalue weighted by Crippen LogP contribution is -2.32. The number of likely N-dealkylation sites (tertiary alicyclic amines) is 1. The van der Waals surface area contributed by atoms with Crippen LogP contribution in [0.2, 0.25) is 0 Å². The molecule has 0 radical (unpaired) electrons. The first-order chi connectivity index (χ1) is 7.71. The Morgan fingerprint density at radius 2 is 2.18 bits per heavy atom. The van der Waals surface area contributed by atoms with E-state index in [-0.39, 0.29) is 19.5 Å². The maximum absolute atomic E-state index is 12.6. The summed E-state index contributed by atoms with van der Waals surface area (Å²) in [7, 11) is -4.76. The molecule has 0 aromatic carbocycles. The third-order valence-corrected chi connectivity index (χ3v) is 3.65. The van der Waals surface area contributed by atoms with Crippen LogP contribution in [0.4, 0.5) is 3.89 Å². The zero-order chi connectivity index (χ0) is 13.2. The molecule has 9 heteroatoms. The molecule has 1 fully saturated rings. The Bertz CT molecular complexity index is 422. The lowest BCUT2D eigenvalue weighted by molar-refractivity contribution is -0.147. The second-order valence-electron chi connectivity index (χ2n) is 3.78. The van der Waals surface area contributed by atoms with Crippen molar-refractivity contribution in [1.82, 2.24) is 4.90 Å². The van der Waals surface area contributed by atoms with Crippen LogP contribution in [-0.2, 0) is 19.8 Å². The smallest absolute Gasteiger partial charge is 0.332 e. The fourth-order valence-corrected chi connectivity index (χ4v) is 2.24. The average Bonchev–Trinajstić information content (AvgIpc) is 2.55. The van der Waals surface area contributed by atoms with Crippen LogP contribution in [0.1, 0.15) is 12.8 Å². The number of hydrogen-bond donors (Lipinski definition) is 2. The number of nitrogens with zero attached hydrogens (tertiary/aromatic N) is 1. The molecular weight excluding hydrogens is 257 g/mol. The van der Waals surface area contributed by atoms with Crippen molar-refractivity contribution in [2.24, 2.45) is 0 Å². The zero-order valence-electron chi connectivity index (χ0n) is 8.74. The molecule has 0 aromatic heterocycles. The number of halogens is 1. The standard InChI is InChI=1S/C8H12FNO6S/c9-17(15,16)5-3-7(12)10(4-5)2-1-6(11)8(13)14/h5-6,11H,1-4H2,(H,13,14)/t5?,6-/m0/s1. The van der Waals surface area contributed by atoms with Gasteiger partial charge in [-0.05, 0) is 0 Å². The third kappa shape index (κ3) is 3.63. The predicted octanol–water partition coefficient (Wildman–Crippen LogP) is -1.28. The van der Waals surface area contributed by atoms with Crippen molar-refractivity contribution in [3.8, 4) is 0 Å². The van der Waals surface area contributed by atoms with Gasteiger partial charge in [-0.25, -0.2) is 4.79 Å². The summed E-state index contributed by atoms with van der Waals surface area (Å²) in [6.07, 6.45) is -2.29. The summed E-state index contributed by atoms with van der Waals surface area (Å²) >= 11 is 0. The van der Waals surface area contributed by atoms with Gasteiger partial charge in [-0.15, -0.1) is 3.89 Å². The Kier molecular flexibility index (Phi) is 4.04. The lowest BCUT2D eigenvalue weighted by Gasteiger charge is -2.16. The fraction of sp³-hybridized carbons (Fsp3) is 0.750. The number of carbonyl (C=O) groups is 2. The second-order valence-corrected chi connectivity index (χ2v) is 5.40. The minimum Gasteiger partial charge on any atom is -0.479 e. The van der Waals surface area contributed by atoms with Gasteiger partial charge in [0.15, 0.2) is 6.10 Å². The van der Waals surface area contributed by atoms with Crippen molar-refractivity contribution in [2.75, 3.05) is 13.1 Å². The fourth-order valence-electron chi connectivity index (χ4n) is 1.54. The number of carboxylic acids is 1. The minimum atomic E-state index is -4.76. The second kappa shape index (κ2) is 4.96. The van der Waals surface area contributed by atoms with Crippen LogP contribution in [0, 0.1) is 0 Å². The van der Waals surface area contributed by atoms with Crippen LogP contribution >= 0.6 is 0 Å². The van der Waals surface area contributed by atoms with Gasteiger partial charge in [0.2, 0.25) is 5.91 Å². The minimum absolute atomic E-state index is 0.113. The van der Waals surface area contributed by atoms with Crippen molar-refractivity contribution < 1.29 is 32.1 Å². The van der Waals surface area contributed by atoms with Crippen LogP contribution in [0.5, 0.6) is 0 Å². The molecule has 0 saturated carbocycles. The highest BCUT2D eigenvalue weighted by Gasteiger charge is 2.38. The van der Waals surface area contributed by atoms with Gasteiger partial charge in [-0.1, -0.05) is 0 Å². The van der Waals surface area contributed by atoms with Gasteiger partial charge in [-0.2, -0.15) is 8.42 Å². The molecule has 1 unspecified atom stereocenters. The number of aliphatic carboxylic acids is 1. The average molecular weight is 269 g/mol. The van der Waals surface area contributed by atoms with E-state index in [9.17, 15) is 21.9 Å². The third-order valence-electron chi connectivity index (χ3n) is 2.53. The summed E-state index contributed by atoms with van der Waals surface area (Å²) in [5, 5.41) is 16.0. The highest BCUT2D eigenvalue weighted by Crippen LogP contribution is 2.19. The van der Waals surface area contributed by atoms with Gasteiger partial charge in [0.05, 0.1) is 0 Å². The van der Waals surface area contributed by atoms with Crippen LogP contribution in [0.3, 0.4) is 0 Å².